The predicted molar refractivity (Wildman–Crippen MR) is 124 cm³/mol. The van der Waals surface area contributed by atoms with Gasteiger partial charge in [0.2, 0.25) is 0 Å². The minimum absolute atomic E-state index is 0.300. The molecule has 1 aliphatic heterocycles. The van der Waals surface area contributed by atoms with E-state index in [1.807, 2.05) is 53.2 Å². The fraction of sp³-hybridized carbons (Fsp3) is 0.292. The van der Waals surface area contributed by atoms with E-state index >= 15 is 0 Å². The number of benzene rings is 2. The van der Waals surface area contributed by atoms with Gasteiger partial charge < -0.3 is 20.1 Å². The highest BCUT2D eigenvalue weighted by Crippen LogP contribution is 2.35. The molecule has 2 aromatic carbocycles. The zero-order chi connectivity index (χ0) is 22.1. The molecule has 1 fully saturated rings. The zero-order valence-corrected chi connectivity index (χ0v) is 18.2. The van der Waals surface area contributed by atoms with Gasteiger partial charge in [-0.3, -0.25) is 0 Å². The summed E-state index contributed by atoms with van der Waals surface area (Å²) in [4.78, 5) is 11.1. The van der Waals surface area contributed by atoms with Gasteiger partial charge in [-0.1, -0.05) is 0 Å². The Kier molecular flexibility index (Phi) is 5.36. The van der Waals surface area contributed by atoms with Crippen LogP contribution in [0.25, 0.3) is 22.3 Å². The van der Waals surface area contributed by atoms with Gasteiger partial charge in [0.05, 0.1) is 18.5 Å². The Morgan fingerprint density at radius 1 is 0.906 bits per heavy atom. The molecule has 2 N–H and O–H groups in total. The Morgan fingerprint density at radius 3 is 2.19 bits per heavy atom. The van der Waals surface area contributed by atoms with Gasteiger partial charge in [0.25, 0.3) is 0 Å². The van der Waals surface area contributed by atoms with Crippen molar-refractivity contribution in [2.75, 3.05) is 33.0 Å². The molecule has 5 rings (SSSR count). The van der Waals surface area contributed by atoms with Crippen LogP contribution in [0.4, 0.5) is 5.82 Å². The predicted octanol–water partition coefficient (Wildman–Crippen LogP) is 4.14. The van der Waals surface area contributed by atoms with Crippen LogP contribution >= 0.6 is 0 Å². The standard InChI is InChI=1S/C24H26N6O2/c1-29-13-11-17(12-14-29)30-24-21(23(25)26-15-27-24)22(28-30)16-3-5-19(6-4-16)32-20-9-7-18(31-2)8-10-20/h3-10,15,17H,11-14H2,1-2H3,(H2,25,26,27). The lowest BCUT2D eigenvalue weighted by Gasteiger charge is -2.29. The third-order valence-corrected chi connectivity index (χ3v) is 5.97. The molecular formula is C24H26N6O2. The highest BCUT2D eigenvalue weighted by Gasteiger charge is 2.25. The Balaban J connectivity index is 1.46. The summed E-state index contributed by atoms with van der Waals surface area (Å²) in [6.45, 7) is 2.08. The van der Waals surface area contributed by atoms with Crippen LogP contribution in [0.3, 0.4) is 0 Å². The van der Waals surface area contributed by atoms with E-state index in [0.717, 1.165) is 65.5 Å². The van der Waals surface area contributed by atoms with E-state index in [-0.39, 0.29) is 0 Å². The molecule has 0 aliphatic carbocycles. The van der Waals surface area contributed by atoms with Gasteiger partial charge in [-0.2, -0.15) is 5.10 Å². The van der Waals surface area contributed by atoms with E-state index in [0.29, 0.717) is 11.9 Å². The molecule has 0 atom stereocenters. The summed E-state index contributed by atoms with van der Waals surface area (Å²) in [7, 11) is 3.79. The number of nitrogens with two attached hydrogens (primary N) is 1. The lowest BCUT2D eigenvalue weighted by molar-refractivity contribution is 0.215. The van der Waals surface area contributed by atoms with Crippen molar-refractivity contribution in [1.29, 1.82) is 0 Å². The van der Waals surface area contributed by atoms with Crippen molar-refractivity contribution >= 4 is 16.9 Å². The molecule has 1 aliphatic rings. The summed E-state index contributed by atoms with van der Waals surface area (Å²) in [5, 5.41) is 5.76. The molecule has 8 heteroatoms. The molecule has 4 aromatic rings. The molecule has 2 aromatic heterocycles. The molecular weight excluding hydrogens is 404 g/mol. The quantitative estimate of drug-likeness (QED) is 0.509. The average Bonchev–Trinajstić information content (AvgIpc) is 3.22. The molecule has 0 unspecified atom stereocenters. The van der Waals surface area contributed by atoms with Crippen LogP contribution in [-0.2, 0) is 0 Å². The maximum atomic E-state index is 6.27. The number of fused-ring (bicyclic) bond motifs is 1. The van der Waals surface area contributed by atoms with Crippen LogP contribution in [0.15, 0.2) is 54.9 Å². The lowest BCUT2D eigenvalue weighted by atomic mass is 10.1. The van der Waals surface area contributed by atoms with Gasteiger partial charge in [0.1, 0.15) is 35.1 Å². The average molecular weight is 431 g/mol. The van der Waals surface area contributed by atoms with Crippen LogP contribution in [-0.4, -0.2) is 51.9 Å². The number of methoxy groups -OCH3 is 1. The fourth-order valence-electron chi connectivity index (χ4n) is 4.15. The van der Waals surface area contributed by atoms with E-state index in [9.17, 15) is 0 Å². The lowest BCUT2D eigenvalue weighted by Crippen LogP contribution is -2.31. The zero-order valence-electron chi connectivity index (χ0n) is 18.2. The van der Waals surface area contributed by atoms with E-state index in [1.54, 1.807) is 7.11 Å². The maximum absolute atomic E-state index is 6.27. The summed E-state index contributed by atoms with van der Waals surface area (Å²) in [5.74, 6) is 2.72. The molecule has 0 bridgehead atoms. The first kappa shape index (κ1) is 20.3. The molecule has 0 radical (unpaired) electrons. The Labute approximate surface area is 186 Å². The van der Waals surface area contributed by atoms with Gasteiger partial charge >= 0.3 is 0 Å². The number of aromatic nitrogens is 4. The van der Waals surface area contributed by atoms with Crippen molar-refractivity contribution in [1.82, 2.24) is 24.6 Å². The van der Waals surface area contributed by atoms with E-state index < -0.39 is 0 Å². The Morgan fingerprint density at radius 2 is 1.53 bits per heavy atom. The summed E-state index contributed by atoms with van der Waals surface area (Å²) >= 11 is 0. The van der Waals surface area contributed by atoms with Crippen LogP contribution in [0.2, 0.25) is 0 Å². The van der Waals surface area contributed by atoms with E-state index in [2.05, 4.69) is 21.9 Å². The fourth-order valence-corrected chi connectivity index (χ4v) is 4.15. The van der Waals surface area contributed by atoms with Crippen molar-refractivity contribution < 1.29 is 9.47 Å². The van der Waals surface area contributed by atoms with Crippen LogP contribution < -0.4 is 15.2 Å². The van der Waals surface area contributed by atoms with Crippen LogP contribution in [0.1, 0.15) is 18.9 Å². The highest BCUT2D eigenvalue weighted by atomic mass is 16.5. The third-order valence-electron chi connectivity index (χ3n) is 5.97. The topological polar surface area (TPSA) is 91.3 Å². The molecule has 32 heavy (non-hydrogen) atoms. The number of hydrogen-bond donors (Lipinski definition) is 1. The minimum Gasteiger partial charge on any atom is -0.497 e. The van der Waals surface area contributed by atoms with Gasteiger partial charge in [-0.05, 0) is 81.5 Å². The largest absolute Gasteiger partial charge is 0.497 e. The molecule has 3 heterocycles. The normalized spacial score (nSPS) is 15.2. The minimum atomic E-state index is 0.300. The second kappa shape index (κ2) is 8.47. The second-order valence-electron chi connectivity index (χ2n) is 8.09. The molecule has 1 saturated heterocycles. The highest BCUT2D eigenvalue weighted by molar-refractivity contribution is 5.98. The number of rotatable bonds is 5. The maximum Gasteiger partial charge on any atom is 0.164 e. The van der Waals surface area contributed by atoms with Gasteiger partial charge in [-0.25, -0.2) is 14.6 Å². The number of likely N-dealkylation sites (tertiary alicyclic amines) is 1. The Bertz CT molecular complexity index is 1210. The summed E-state index contributed by atoms with van der Waals surface area (Å²) < 4.78 is 13.2. The first-order valence-corrected chi connectivity index (χ1v) is 10.7. The van der Waals surface area contributed by atoms with Gasteiger partial charge in [0.15, 0.2) is 5.65 Å². The monoisotopic (exact) mass is 430 g/mol. The number of ether oxygens (including phenoxy) is 2. The number of anilines is 1. The van der Waals surface area contributed by atoms with Crippen LogP contribution in [0, 0.1) is 0 Å². The first-order valence-electron chi connectivity index (χ1n) is 10.7. The van der Waals surface area contributed by atoms with Crippen molar-refractivity contribution in [3.8, 4) is 28.5 Å². The number of piperidine rings is 1. The molecule has 0 saturated carbocycles. The third kappa shape index (κ3) is 3.85. The summed E-state index contributed by atoms with van der Waals surface area (Å²) in [6.07, 6.45) is 3.58. The summed E-state index contributed by atoms with van der Waals surface area (Å²) in [5.41, 5.74) is 8.81. The molecule has 164 valence electrons. The van der Waals surface area contributed by atoms with Crippen LogP contribution in [0.5, 0.6) is 17.2 Å². The van der Waals surface area contributed by atoms with E-state index in [1.165, 1.54) is 6.33 Å². The van der Waals surface area contributed by atoms with Crippen molar-refractivity contribution in [2.45, 2.75) is 18.9 Å². The van der Waals surface area contributed by atoms with Gasteiger partial charge in [-0.15, -0.1) is 0 Å². The number of nitrogen functional groups attached to an aromatic ring is 1. The van der Waals surface area contributed by atoms with Crippen molar-refractivity contribution in [3.05, 3.63) is 54.9 Å². The number of nitrogens with zero attached hydrogens (tertiary/aromatic N) is 5. The van der Waals surface area contributed by atoms with Gasteiger partial charge in [0, 0.05) is 5.56 Å². The SMILES string of the molecule is COc1ccc(Oc2ccc(-c3nn(C4CCN(C)CC4)c4ncnc(N)c34)cc2)cc1. The van der Waals surface area contributed by atoms with Crippen molar-refractivity contribution in [3.63, 3.8) is 0 Å². The Hall–Kier alpha value is -3.65. The first-order chi connectivity index (χ1) is 15.6. The van der Waals surface area contributed by atoms with E-state index in [4.69, 9.17) is 20.3 Å². The summed E-state index contributed by atoms with van der Waals surface area (Å²) in [6, 6.07) is 15.6. The molecule has 0 spiro atoms. The van der Waals surface area contributed by atoms with Crippen molar-refractivity contribution in [2.24, 2.45) is 0 Å². The smallest absolute Gasteiger partial charge is 0.164 e. The number of hydrogen-bond acceptors (Lipinski definition) is 7. The second-order valence-corrected chi connectivity index (χ2v) is 8.09. The molecule has 8 nitrogen and oxygen atoms in total. The molecule has 0 amide bonds.